The number of carbonyl (C=O) groups is 2. The normalized spacial score (nSPS) is 11.9. The molecule has 6 nitrogen and oxygen atoms in total. The largest absolute Gasteiger partial charge is 0.467 e. The maximum Gasteiger partial charge on any atom is 0.358 e. The molecule has 0 spiro atoms. The maximum atomic E-state index is 12.1. The maximum absolute atomic E-state index is 12.1. The fourth-order valence-corrected chi connectivity index (χ4v) is 3.39. The van der Waals surface area contributed by atoms with E-state index in [0.717, 1.165) is 10.6 Å². The molecule has 1 N–H and O–H groups in total. The van der Waals surface area contributed by atoms with Gasteiger partial charge in [-0.1, -0.05) is 0 Å². The van der Waals surface area contributed by atoms with E-state index >= 15 is 0 Å². The Morgan fingerprint density at radius 2 is 2.25 bits per heavy atom. The van der Waals surface area contributed by atoms with E-state index < -0.39 is 18.0 Å². The topological polar surface area (TPSA) is 81.4 Å². The lowest BCUT2D eigenvalue weighted by Crippen LogP contribution is -2.35. The first-order valence-corrected chi connectivity index (χ1v) is 8.95. The van der Waals surface area contributed by atoms with Crippen molar-refractivity contribution in [2.24, 2.45) is 0 Å². The van der Waals surface area contributed by atoms with Crippen LogP contribution in [0.15, 0.2) is 45.0 Å². The highest BCUT2D eigenvalue weighted by Crippen LogP contribution is 2.26. The second kappa shape index (κ2) is 7.41. The number of aromatic nitrogens is 1. The number of hydrogen-bond donors (Lipinski definition) is 1. The molecule has 1 atom stereocenters. The Kier molecular flexibility index (Phi) is 5.07. The molecular formula is C16H14N2O4S2. The summed E-state index contributed by atoms with van der Waals surface area (Å²) in [5.41, 5.74) is 1.17. The lowest BCUT2D eigenvalue weighted by atomic mass is 10.3. The van der Waals surface area contributed by atoms with Crippen molar-refractivity contribution >= 4 is 34.6 Å². The second-order valence-corrected chi connectivity index (χ2v) is 6.53. The van der Waals surface area contributed by atoms with E-state index in [1.165, 1.54) is 24.5 Å². The minimum absolute atomic E-state index is 0.201. The number of ether oxygens (including phenoxy) is 1. The molecule has 3 aromatic heterocycles. The molecule has 3 rings (SSSR count). The molecule has 8 heteroatoms. The van der Waals surface area contributed by atoms with Crippen molar-refractivity contribution in [2.45, 2.75) is 19.6 Å². The van der Waals surface area contributed by atoms with E-state index in [0.29, 0.717) is 5.76 Å². The van der Waals surface area contributed by atoms with E-state index in [4.69, 9.17) is 9.15 Å². The number of nitrogens with one attached hydrogen (secondary N) is 1. The summed E-state index contributed by atoms with van der Waals surface area (Å²) in [4.78, 5) is 28.3. The number of nitrogens with zero attached hydrogens (tertiary/aromatic N) is 1. The van der Waals surface area contributed by atoms with Crippen molar-refractivity contribution < 1.29 is 18.7 Å². The number of rotatable bonds is 6. The van der Waals surface area contributed by atoms with E-state index in [-0.39, 0.29) is 12.2 Å². The van der Waals surface area contributed by atoms with Gasteiger partial charge < -0.3 is 14.5 Å². The predicted molar refractivity (Wildman–Crippen MR) is 90.9 cm³/mol. The Bertz CT molecular complexity index is 809. The fraction of sp³-hybridized carbons (Fsp3) is 0.188. The van der Waals surface area contributed by atoms with Crippen LogP contribution in [0.25, 0.3) is 10.6 Å². The van der Waals surface area contributed by atoms with Crippen LogP contribution in [0, 0.1) is 0 Å². The van der Waals surface area contributed by atoms with Crippen LogP contribution in [0.5, 0.6) is 0 Å². The lowest BCUT2D eigenvalue weighted by molar-refractivity contribution is -0.129. The van der Waals surface area contributed by atoms with Crippen LogP contribution in [0.4, 0.5) is 0 Å². The highest BCUT2D eigenvalue weighted by Gasteiger charge is 2.21. The molecule has 0 aliphatic rings. The molecule has 124 valence electrons. The Labute approximate surface area is 146 Å². The van der Waals surface area contributed by atoms with Gasteiger partial charge in [0.05, 0.1) is 12.8 Å². The highest BCUT2D eigenvalue weighted by molar-refractivity contribution is 7.14. The summed E-state index contributed by atoms with van der Waals surface area (Å²) in [6.45, 7) is 1.76. The third kappa shape index (κ3) is 3.90. The smallest absolute Gasteiger partial charge is 0.358 e. The van der Waals surface area contributed by atoms with Crippen molar-refractivity contribution in [3.63, 3.8) is 0 Å². The molecule has 0 aliphatic heterocycles. The minimum atomic E-state index is -0.918. The van der Waals surface area contributed by atoms with Crippen LogP contribution < -0.4 is 5.32 Å². The molecule has 0 bridgehead atoms. The average Bonchev–Trinajstić information content (AvgIpc) is 3.34. The number of furan rings is 1. The van der Waals surface area contributed by atoms with Crippen LogP contribution >= 0.6 is 22.7 Å². The van der Waals surface area contributed by atoms with Crippen molar-refractivity contribution in [3.8, 4) is 10.6 Å². The van der Waals surface area contributed by atoms with Gasteiger partial charge in [0.25, 0.3) is 5.91 Å². The first-order valence-electron chi connectivity index (χ1n) is 7.12. The molecule has 0 aliphatic carbocycles. The standard InChI is InChI=1S/C16H14N2O4S2/c1-10(14(19)17-7-12-3-2-5-21-12)22-16(20)13-9-24-15(18-13)11-4-6-23-8-11/h2-6,8-10H,7H2,1H3,(H,17,19). The lowest BCUT2D eigenvalue weighted by Gasteiger charge is -2.12. The summed E-state index contributed by atoms with van der Waals surface area (Å²) in [5.74, 6) is -0.386. The zero-order valence-corrected chi connectivity index (χ0v) is 14.4. The predicted octanol–water partition coefficient (Wildman–Crippen LogP) is 3.33. The summed E-state index contributed by atoms with van der Waals surface area (Å²) >= 11 is 2.92. The van der Waals surface area contributed by atoms with E-state index in [1.807, 2.05) is 16.8 Å². The number of amides is 1. The van der Waals surface area contributed by atoms with Gasteiger partial charge in [-0.15, -0.1) is 11.3 Å². The van der Waals surface area contributed by atoms with Gasteiger partial charge in [0, 0.05) is 16.3 Å². The minimum Gasteiger partial charge on any atom is -0.467 e. The molecule has 0 fully saturated rings. The van der Waals surface area contributed by atoms with E-state index in [9.17, 15) is 9.59 Å². The van der Waals surface area contributed by atoms with Gasteiger partial charge >= 0.3 is 5.97 Å². The summed E-state index contributed by atoms with van der Waals surface area (Å²) < 4.78 is 10.3. The molecular weight excluding hydrogens is 348 g/mol. The monoisotopic (exact) mass is 362 g/mol. The van der Waals surface area contributed by atoms with Crippen LogP contribution in [-0.2, 0) is 16.1 Å². The Balaban J connectivity index is 1.54. The third-order valence-corrected chi connectivity index (χ3v) is 4.73. The first-order chi connectivity index (χ1) is 11.6. The third-order valence-electron chi connectivity index (χ3n) is 3.15. The molecule has 0 radical (unpaired) electrons. The zero-order chi connectivity index (χ0) is 16.9. The van der Waals surface area contributed by atoms with Crippen molar-refractivity contribution in [3.05, 3.63) is 52.1 Å². The molecule has 3 heterocycles. The fourth-order valence-electron chi connectivity index (χ4n) is 1.89. The van der Waals surface area contributed by atoms with Crippen LogP contribution in [0.3, 0.4) is 0 Å². The molecule has 24 heavy (non-hydrogen) atoms. The summed E-state index contributed by atoms with van der Waals surface area (Å²) in [6.07, 6.45) is 0.608. The van der Waals surface area contributed by atoms with Crippen LogP contribution in [-0.4, -0.2) is 23.0 Å². The van der Waals surface area contributed by atoms with Gasteiger partial charge in [-0.3, -0.25) is 4.79 Å². The van der Waals surface area contributed by atoms with Crippen LogP contribution in [0.2, 0.25) is 0 Å². The second-order valence-electron chi connectivity index (χ2n) is 4.89. The molecule has 1 unspecified atom stereocenters. The van der Waals surface area contributed by atoms with E-state index in [1.54, 1.807) is 28.8 Å². The van der Waals surface area contributed by atoms with Gasteiger partial charge in [-0.25, -0.2) is 9.78 Å². The summed E-state index contributed by atoms with van der Waals surface area (Å²) in [5, 5.41) is 8.92. The number of thiophene rings is 1. The molecule has 0 saturated heterocycles. The van der Waals surface area contributed by atoms with Gasteiger partial charge in [0.15, 0.2) is 11.8 Å². The molecule has 0 saturated carbocycles. The average molecular weight is 362 g/mol. The quantitative estimate of drug-likeness (QED) is 0.680. The van der Waals surface area contributed by atoms with Crippen molar-refractivity contribution in [1.29, 1.82) is 0 Å². The van der Waals surface area contributed by atoms with E-state index in [2.05, 4.69) is 10.3 Å². The van der Waals surface area contributed by atoms with Gasteiger partial charge in [0.1, 0.15) is 10.8 Å². The molecule has 1 amide bonds. The number of hydrogen-bond acceptors (Lipinski definition) is 7. The van der Waals surface area contributed by atoms with Crippen molar-refractivity contribution in [2.75, 3.05) is 0 Å². The van der Waals surface area contributed by atoms with Crippen molar-refractivity contribution in [1.82, 2.24) is 10.3 Å². The summed E-state index contributed by atoms with van der Waals surface area (Å²) in [6, 6.07) is 5.42. The van der Waals surface area contributed by atoms with Gasteiger partial charge in [0.2, 0.25) is 0 Å². The summed E-state index contributed by atoms with van der Waals surface area (Å²) in [7, 11) is 0. The first kappa shape index (κ1) is 16.4. The SMILES string of the molecule is CC(OC(=O)c1csc(-c2ccsc2)n1)C(=O)NCc1ccco1. The Morgan fingerprint density at radius 1 is 1.38 bits per heavy atom. The number of carbonyl (C=O) groups excluding carboxylic acids is 2. The van der Waals surface area contributed by atoms with Crippen LogP contribution in [0.1, 0.15) is 23.2 Å². The number of esters is 1. The van der Waals surface area contributed by atoms with Gasteiger partial charge in [-0.2, -0.15) is 11.3 Å². The number of thiazole rings is 1. The molecule has 0 aromatic carbocycles. The highest BCUT2D eigenvalue weighted by atomic mass is 32.1. The Hall–Kier alpha value is -2.45. The Morgan fingerprint density at radius 3 is 2.96 bits per heavy atom. The molecule has 3 aromatic rings. The van der Waals surface area contributed by atoms with Gasteiger partial charge in [-0.05, 0) is 30.5 Å². The zero-order valence-electron chi connectivity index (χ0n) is 12.7.